The minimum absolute atomic E-state index is 0.344. The van der Waals surface area contributed by atoms with Gasteiger partial charge in [-0.1, -0.05) is 17.7 Å². The van der Waals surface area contributed by atoms with Crippen LogP contribution in [0, 0.1) is 6.92 Å². The van der Waals surface area contributed by atoms with E-state index < -0.39 is 26.2 Å². The molecule has 21 heavy (non-hydrogen) atoms. The Morgan fingerprint density at radius 1 is 1.05 bits per heavy atom. The van der Waals surface area contributed by atoms with E-state index >= 15 is 0 Å². The van der Waals surface area contributed by atoms with E-state index in [0.717, 1.165) is 20.9 Å². The summed E-state index contributed by atoms with van der Waals surface area (Å²) in [7, 11) is -1.45. The molecule has 7 nitrogen and oxygen atoms in total. The van der Waals surface area contributed by atoms with Crippen molar-refractivity contribution in [3.05, 3.63) is 56.9 Å². The fourth-order valence-electron chi connectivity index (χ4n) is 1.79. The maximum Gasteiger partial charge on any atom is 0.330 e. The normalized spacial score (nSPS) is 11.4. The second kappa shape index (κ2) is 5.21. The SMILES string of the molecule is Cc1ccc(NS(=O)(=O)c2cn(C)c(=O)n(C)c2=O)cc1. The van der Waals surface area contributed by atoms with E-state index in [4.69, 9.17) is 0 Å². The van der Waals surface area contributed by atoms with Crippen LogP contribution in [-0.2, 0) is 24.1 Å². The molecule has 0 unspecified atom stereocenters. The van der Waals surface area contributed by atoms with Crippen molar-refractivity contribution in [2.24, 2.45) is 14.1 Å². The number of nitrogens with zero attached hydrogens (tertiary/aromatic N) is 2. The van der Waals surface area contributed by atoms with Crippen LogP contribution in [0.3, 0.4) is 0 Å². The highest BCUT2D eigenvalue weighted by Gasteiger charge is 2.21. The molecule has 0 saturated heterocycles. The minimum Gasteiger partial charge on any atom is -0.302 e. The zero-order valence-corrected chi connectivity index (χ0v) is 12.6. The first kappa shape index (κ1) is 15.0. The Kier molecular flexibility index (Phi) is 3.73. The van der Waals surface area contributed by atoms with Gasteiger partial charge in [0, 0.05) is 26.0 Å². The van der Waals surface area contributed by atoms with Gasteiger partial charge in [-0.05, 0) is 19.1 Å². The number of aryl methyl sites for hydroxylation is 2. The van der Waals surface area contributed by atoms with Crippen molar-refractivity contribution in [1.29, 1.82) is 0 Å². The molecule has 0 radical (unpaired) electrons. The first-order valence-electron chi connectivity index (χ1n) is 6.08. The van der Waals surface area contributed by atoms with E-state index in [0.29, 0.717) is 5.69 Å². The van der Waals surface area contributed by atoms with Crippen LogP contribution in [0.4, 0.5) is 5.69 Å². The third kappa shape index (κ3) is 2.89. The third-order valence-corrected chi connectivity index (χ3v) is 4.37. The van der Waals surface area contributed by atoms with Crippen LogP contribution in [0.2, 0.25) is 0 Å². The summed E-state index contributed by atoms with van der Waals surface area (Å²) in [6, 6.07) is 6.69. The van der Waals surface area contributed by atoms with E-state index in [1.165, 1.54) is 14.1 Å². The summed E-state index contributed by atoms with van der Waals surface area (Å²) in [6.07, 6.45) is 1.02. The number of aromatic nitrogens is 2. The zero-order chi connectivity index (χ0) is 15.8. The predicted octanol–water partition coefficient (Wildman–Crippen LogP) is 0.193. The minimum atomic E-state index is -4.06. The molecule has 112 valence electrons. The molecule has 0 aliphatic carbocycles. The van der Waals surface area contributed by atoms with E-state index in [-0.39, 0.29) is 0 Å². The number of anilines is 1. The fourth-order valence-corrected chi connectivity index (χ4v) is 3.01. The molecule has 0 bridgehead atoms. The van der Waals surface area contributed by atoms with Crippen molar-refractivity contribution in [2.75, 3.05) is 4.72 Å². The van der Waals surface area contributed by atoms with Crippen LogP contribution in [0.5, 0.6) is 0 Å². The lowest BCUT2D eigenvalue weighted by Crippen LogP contribution is -2.40. The lowest BCUT2D eigenvalue weighted by molar-refractivity contribution is 0.589. The highest BCUT2D eigenvalue weighted by atomic mass is 32.2. The summed E-state index contributed by atoms with van der Waals surface area (Å²) in [5, 5.41) is 0. The summed E-state index contributed by atoms with van der Waals surface area (Å²) in [5.41, 5.74) is -0.125. The lowest BCUT2D eigenvalue weighted by atomic mass is 10.2. The van der Waals surface area contributed by atoms with Gasteiger partial charge in [-0.15, -0.1) is 0 Å². The Labute approximate surface area is 121 Å². The van der Waals surface area contributed by atoms with Crippen molar-refractivity contribution in [1.82, 2.24) is 9.13 Å². The van der Waals surface area contributed by atoms with Crippen molar-refractivity contribution in [2.45, 2.75) is 11.8 Å². The smallest absolute Gasteiger partial charge is 0.302 e. The Balaban J connectivity index is 2.53. The first-order valence-corrected chi connectivity index (χ1v) is 7.57. The van der Waals surface area contributed by atoms with Gasteiger partial charge in [0.25, 0.3) is 15.6 Å². The average Bonchev–Trinajstić information content (AvgIpc) is 2.42. The van der Waals surface area contributed by atoms with Gasteiger partial charge in [0.1, 0.15) is 0 Å². The van der Waals surface area contributed by atoms with Crippen LogP contribution in [0.1, 0.15) is 5.56 Å². The summed E-state index contributed by atoms with van der Waals surface area (Å²) in [4.78, 5) is 23.1. The van der Waals surface area contributed by atoms with Gasteiger partial charge in [-0.2, -0.15) is 0 Å². The number of benzene rings is 1. The number of rotatable bonds is 3. The largest absolute Gasteiger partial charge is 0.330 e. The van der Waals surface area contributed by atoms with Crippen LogP contribution in [0.25, 0.3) is 0 Å². The lowest BCUT2D eigenvalue weighted by Gasteiger charge is -2.10. The van der Waals surface area contributed by atoms with Gasteiger partial charge in [0.15, 0.2) is 4.90 Å². The van der Waals surface area contributed by atoms with Gasteiger partial charge >= 0.3 is 5.69 Å². The zero-order valence-electron chi connectivity index (χ0n) is 11.8. The molecular formula is C13H15N3O4S. The van der Waals surface area contributed by atoms with Gasteiger partial charge < -0.3 is 4.57 Å². The van der Waals surface area contributed by atoms with Crippen molar-refractivity contribution >= 4 is 15.7 Å². The van der Waals surface area contributed by atoms with Crippen molar-refractivity contribution < 1.29 is 8.42 Å². The third-order valence-electron chi connectivity index (χ3n) is 3.01. The summed E-state index contributed by atoms with van der Waals surface area (Å²) in [5.74, 6) is 0. The van der Waals surface area contributed by atoms with Crippen LogP contribution < -0.4 is 16.0 Å². The highest BCUT2D eigenvalue weighted by molar-refractivity contribution is 7.92. The fraction of sp³-hybridized carbons (Fsp3) is 0.231. The number of hydrogen-bond donors (Lipinski definition) is 1. The average molecular weight is 309 g/mol. The molecule has 1 N–H and O–H groups in total. The van der Waals surface area contributed by atoms with Crippen LogP contribution in [0.15, 0.2) is 44.9 Å². The molecule has 8 heteroatoms. The predicted molar refractivity (Wildman–Crippen MR) is 78.9 cm³/mol. The number of hydrogen-bond acceptors (Lipinski definition) is 4. The Morgan fingerprint density at radius 3 is 2.19 bits per heavy atom. The molecule has 1 heterocycles. The van der Waals surface area contributed by atoms with Gasteiger partial charge in [-0.25, -0.2) is 13.2 Å². The molecular weight excluding hydrogens is 294 g/mol. The standard InChI is InChI=1S/C13H15N3O4S/c1-9-4-6-10(7-5-9)14-21(19,20)11-8-15(2)13(18)16(3)12(11)17/h4-8,14H,1-3H3. The molecule has 1 aromatic carbocycles. The van der Waals surface area contributed by atoms with E-state index in [2.05, 4.69) is 4.72 Å². The maximum atomic E-state index is 12.3. The highest BCUT2D eigenvalue weighted by Crippen LogP contribution is 2.13. The molecule has 0 spiro atoms. The maximum absolute atomic E-state index is 12.3. The molecule has 0 aliphatic heterocycles. The second-order valence-electron chi connectivity index (χ2n) is 4.72. The Bertz CT molecular complexity index is 892. The molecule has 0 saturated carbocycles. The molecule has 0 atom stereocenters. The monoisotopic (exact) mass is 309 g/mol. The van der Waals surface area contributed by atoms with Gasteiger partial charge in [-0.3, -0.25) is 14.1 Å². The van der Waals surface area contributed by atoms with Gasteiger partial charge in [0.05, 0.1) is 0 Å². The van der Waals surface area contributed by atoms with Crippen molar-refractivity contribution in [3.63, 3.8) is 0 Å². The molecule has 0 amide bonds. The number of nitrogens with one attached hydrogen (secondary N) is 1. The molecule has 2 aromatic rings. The molecule has 1 aromatic heterocycles. The molecule has 0 fully saturated rings. The molecule has 0 aliphatic rings. The van der Waals surface area contributed by atoms with E-state index in [1.54, 1.807) is 24.3 Å². The Hall–Kier alpha value is -2.35. The van der Waals surface area contributed by atoms with Crippen LogP contribution >= 0.6 is 0 Å². The van der Waals surface area contributed by atoms with Gasteiger partial charge in [0.2, 0.25) is 0 Å². The topological polar surface area (TPSA) is 90.2 Å². The van der Waals surface area contributed by atoms with E-state index in [1.807, 2.05) is 6.92 Å². The quantitative estimate of drug-likeness (QED) is 0.876. The van der Waals surface area contributed by atoms with Crippen molar-refractivity contribution in [3.8, 4) is 0 Å². The molecule has 2 rings (SSSR count). The number of sulfonamides is 1. The van der Waals surface area contributed by atoms with Crippen LogP contribution in [-0.4, -0.2) is 17.6 Å². The van der Waals surface area contributed by atoms with E-state index in [9.17, 15) is 18.0 Å². The Morgan fingerprint density at radius 2 is 1.62 bits per heavy atom. The summed E-state index contributed by atoms with van der Waals surface area (Å²) >= 11 is 0. The summed E-state index contributed by atoms with van der Waals surface area (Å²) < 4.78 is 28.7. The first-order chi connectivity index (χ1) is 9.72. The summed E-state index contributed by atoms with van der Waals surface area (Å²) in [6.45, 7) is 1.88. The second-order valence-corrected chi connectivity index (χ2v) is 6.37.